The molecule has 1 saturated heterocycles. The van der Waals surface area contributed by atoms with Crippen molar-refractivity contribution in [3.8, 4) is 5.95 Å². The zero-order valence-electron chi connectivity index (χ0n) is 11.1. The molecule has 0 unspecified atom stereocenters. The summed E-state index contributed by atoms with van der Waals surface area (Å²) in [5.74, 6) is 0.974. The number of rotatable bonds is 3. The van der Waals surface area contributed by atoms with Crippen LogP contribution in [0, 0.1) is 0 Å². The maximum Gasteiger partial charge on any atom is 0.258 e. The van der Waals surface area contributed by atoms with E-state index >= 15 is 0 Å². The highest BCUT2D eigenvalue weighted by Crippen LogP contribution is 2.14. The summed E-state index contributed by atoms with van der Waals surface area (Å²) < 4.78 is 1.47. The lowest BCUT2D eigenvalue weighted by atomic mass is 10.3. The Labute approximate surface area is 121 Å². The summed E-state index contributed by atoms with van der Waals surface area (Å²) in [7, 11) is 0. The minimum atomic E-state index is 0.165. The summed E-state index contributed by atoms with van der Waals surface area (Å²) in [6, 6.07) is 0. The second kappa shape index (κ2) is 5.68. The van der Waals surface area contributed by atoms with Crippen molar-refractivity contribution >= 4 is 17.5 Å². The third-order valence-electron chi connectivity index (χ3n) is 3.31. The quantitative estimate of drug-likeness (QED) is 0.803. The summed E-state index contributed by atoms with van der Waals surface area (Å²) in [6.45, 7) is 6.99. The fourth-order valence-electron chi connectivity index (χ4n) is 2.15. The van der Waals surface area contributed by atoms with Crippen molar-refractivity contribution < 1.29 is 0 Å². The van der Waals surface area contributed by atoms with E-state index in [1.165, 1.54) is 17.3 Å². The predicted octanol–water partition coefficient (Wildman–Crippen LogP) is 0.248. The zero-order valence-corrected chi connectivity index (χ0v) is 11.9. The lowest BCUT2D eigenvalue weighted by Gasteiger charge is -2.33. The zero-order chi connectivity index (χ0) is 13.9. The van der Waals surface area contributed by atoms with Gasteiger partial charge in [-0.2, -0.15) is 24.7 Å². The van der Waals surface area contributed by atoms with Crippen molar-refractivity contribution in [2.45, 2.75) is 6.92 Å². The number of piperazine rings is 1. The summed E-state index contributed by atoms with van der Waals surface area (Å²) in [5.41, 5.74) is 0. The average Bonchev–Trinajstić information content (AvgIpc) is 3.01. The first-order valence-corrected chi connectivity index (χ1v) is 6.88. The number of anilines is 1. The van der Waals surface area contributed by atoms with Crippen molar-refractivity contribution in [1.29, 1.82) is 0 Å². The van der Waals surface area contributed by atoms with Gasteiger partial charge >= 0.3 is 0 Å². The number of aromatic nitrogens is 6. The molecule has 0 bridgehead atoms. The molecule has 8 nitrogen and oxygen atoms in total. The Balaban J connectivity index is 1.83. The van der Waals surface area contributed by atoms with Gasteiger partial charge in [0.1, 0.15) is 12.7 Å². The van der Waals surface area contributed by atoms with E-state index in [1.807, 2.05) is 0 Å². The van der Waals surface area contributed by atoms with Gasteiger partial charge in [-0.1, -0.05) is 6.92 Å². The van der Waals surface area contributed by atoms with E-state index in [9.17, 15) is 0 Å². The van der Waals surface area contributed by atoms with Gasteiger partial charge in [0.25, 0.3) is 5.95 Å². The van der Waals surface area contributed by atoms with Crippen molar-refractivity contribution in [2.24, 2.45) is 0 Å². The van der Waals surface area contributed by atoms with Crippen LogP contribution in [0.25, 0.3) is 5.95 Å². The van der Waals surface area contributed by atoms with Crippen LogP contribution in [0.3, 0.4) is 0 Å². The Kier molecular flexibility index (Phi) is 3.75. The van der Waals surface area contributed by atoms with Gasteiger partial charge in [-0.25, -0.2) is 4.98 Å². The Morgan fingerprint density at radius 3 is 2.50 bits per heavy atom. The van der Waals surface area contributed by atoms with E-state index in [2.05, 4.69) is 41.8 Å². The molecule has 2 aromatic heterocycles. The Hall–Kier alpha value is -1.80. The molecule has 0 aromatic carbocycles. The second-order valence-corrected chi connectivity index (χ2v) is 4.80. The van der Waals surface area contributed by atoms with E-state index in [0.29, 0.717) is 11.9 Å². The van der Waals surface area contributed by atoms with Gasteiger partial charge in [-0.3, -0.25) is 0 Å². The molecule has 106 valence electrons. The topological polar surface area (TPSA) is 75.9 Å². The molecule has 1 aliphatic heterocycles. The van der Waals surface area contributed by atoms with Crippen LogP contribution in [-0.2, 0) is 0 Å². The van der Waals surface area contributed by atoms with Crippen molar-refractivity contribution in [1.82, 2.24) is 34.6 Å². The van der Waals surface area contributed by atoms with Crippen LogP contribution in [0.1, 0.15) is 6.92 Å². The Morgan fingerprint density at radius 2 is 1.85 bits per heavy atom. The minimum absolute atomic E-state index is 0.165. The van der Waals surface area contributed by atoms with Crippen molar-refractivity contribution in [2.75, 3.05) is 37.6 Å². The molecule has 0 radical (unpaired) electrons. The smallest absolute Gasteiger partial charge is 0.258 e. The molecule has 0 saturated carbocycles. The molecule has 9 heteroatoms. The number of nitrogens with zero attached hydrogens (tertiary/aromatic N) is 8. The summed E-state index contributed by atoms with van der Waals surface area (Å²) in [5, 5.41) is 4.17. The first-order chi connectivity index (χ1) is 9.76. The van der Waals surface area contributed by atoms with Gasteiger partial charge in [0.15, 0.2) is 0 Å². The molecule has 1 aliphatic rings. The molecule has 20 heavy (non-hydrogen) atoms. The van der Waals surface area contributed by atoms with E-state index in [-0.39, 0.29) is 5.28 Å². The second-order valence-electron chi connectivity index (χ2n) is 4.47. The largest absolute Gasteiger partial charge is 0.338 e. The van der Waals surface area contributed by atoms with Crippen LogP contribution in [0.2, 0.25) is 5.28 Å². The van der Waals surface area contributed by atoms with Gasteiger partial charge in [-0.15, -0.1) is 0 Å². The number of hydrogen-bond donors (Lipinski definition) is 0. The third-order valence-corrected chi connectivity index (χ3v) is 3.48. The van der Waals surface area contributed by atoms with Crippen LogP contribution < -0.4 is 4.90 Å². The van der Waals surface area contributed by atoms with Gasteiger partial charge in [0.05, 0.1) is 0 Å². The molecule has 0 amide bonds. The first-order valence-electron chi connectivity index (χ1n) is 6.50. The van der Waals surface area contributed by atoms with Crippen LogP contribution in [0.4, 0.5) is 5.95 Å². The first kappa shape index (κ1) is 13.2. The van der Waals surface area contributed by atoms with E-state index in [1.54, 1.807) is 0 Å². The standard InChI is InChI=1S/C11H15ClN8/c1-2-18-3-5-19(6-4-18)10-15-9(12)16-11(17-10)20-8-13-7-14-20/h7-8H,2-6H2,1H3. The molecule has 1 fully saturated rings. The van der Waals surface area contributed by atoms with Gasteiger partial charge in [0.2, 0.25) is 11.2 Å². The average molecular weight is 295 g/mol. The van der Waals surface area contributed by atoms with Crippen LogP contribution in [0.5, 0.6) is 0 Å². The Bertz CT molecular complexity index is 564. The van der Waals surface area contributed by atoms with Gasteiger partial charge in [0, 0.05) is 26.2 Å². The molecular weight excluding hydrogens is 280 g/mol. The monoisotopic (exact) mass is 294 g/mol. The molecular formula is C11H15ClN8. The SMILES string of the molecule is CCN1CCN(c2nc(Cl)nc(-n3cncn3)n2)CC1. The third kappa shape index (κ3) is 2.70. The number of likely N-dealkylation sites (N-methyl/N-ethyl adjacent to an activating group) is 1. The molecule has 0 aliphatic carbocycles. The fourth-order valence-corrected chi connectivity index (χ4v) is 2.30. The maximum atomic E-state index is 5.98. The molecule has 0 spiro atoms. The fraction of sp³-hybridized carbons (Fsp3) is 0.545. The molecule has 3 heterocycles. The van der Waals surface area contributed by atoms with Crippen LogP contribution in [-0.4, -0.2) is 67.3 Å². The van der Waals surface area contributed by atoms with Crippen molar-refractivity contribution in [3.63, 3.8) is 0 Å². The predicted molar refractivity (Wildman–Crippen MR) is 74.1 cm³/mol. The normalized spacial score (nSPS) is 16.6. The van der Waals surface area contributed by atoms with Crippen molar-refractivity contribution in [3.05, 3.63) is 17.9 Å². The maximum absolute atomic E-state index is 5.98. The van der Waals surface area contributed by atoms with E-state index in [0.717, 1.165) is 32.7 Å². The summed E-state index contributed by atoms with van der Waals surface area (Å²) >= 11 is 5.98. The highest BCUT2D eigenvalue weighted by Gasteiger charge is 2.19. The van der Waals surface area contributed by atoms with E-state index < -0.39 is 0 Å². The minimum Gasteiger partial charge on any atom is -0.338 e. The highest BCUT2D eigenvalue weighted by molar-refractivity contribution is 6.28. The molecule has 2 aromatic rings. The summed E-state index contributed by atoms with van der Waals surface area (Å²) in [4.78, 5) is 21.1. The van der Waals surface area contributed by atoms with Gasteiger partial charge < -0.3 is 9.80 Å². The Morgan fingerprint density at radius 1 is 1.10 bits per heavy atom. The lowest BCUT2D eigenvalue weighted by Crippen LogP contribution is -2.46. The van der Waals surface area contributed by atoms with Crippen LogP contribution >= 0.6 is 11.6 Å². The molecule has 0 N–H and O–H groups in total. The molecule has 0 atom stereocenters. The number of halogens is 1. The van der Waals surface area contributed by atoms with Crippen LogP contribution in [0.15, 0.2) is 12.7 Å². The molecule has 3 rings (SSSR count). The van der Waals surface area contributed by atoms with E-state index in [4.69, 9.17) is 11.6 Å². The summed E-state index contributed by atoms with van der Waals surface area (Å²) in [6.07, 6.45) is 2.96. The highest BCUT2D eigenvalue weighted by atomic mass is 35.5. The number of hydrogen-bond acceptors (Lipinski definition) is 7. The van der Waals surface area contributed by atoms with Gasteiger partial charge in [-0.05, 0) is 18.1 Å². The lowest BCUT2D eigenvalue weighted by molar-refractivity contribution is 0.270.